The van der Waals surface area contributed by atoms with Crippen molar-refractivity contribution in [3.63, 3.8) is 0 Å². The first-order chi connectivity index (χ1) is 9.47. The number of carbonyl (C=O) groups is 1. The lowest BCUT2D eigenvalue weighted by Gasteiger charge is -2.23. The average molecular weight is 289 g/mol. The summed E-state index contributed by atoms with van der Waals surface area (Å²) in [7, 11) is 0. The van der Waals surface area contributed by atoms with Crippen LogP contribution in [0.2, 0.25) is 0 Å². The van der Waals surface area contributed by atoms with Crippen molar-refractivity contribution in [2.75, 3.05) is 5.73 Å². The fourth-order valence-corrected chi connectivity index (χ4v) is 2.66. The second-order valence-electron chi connectivity index (χ2n) is 5.25. The molecule has 0 atom stereocenters. The molecule has 106 valence electrons. The van der Waals surface area contributed by atoms with Gasteiger partial charge in [0.15, 0.2) is 0 Å². The molecule has 1 aromatic carbocycles. The van der Waals surface area contributed by atoms with Gasteiger partial charge in [-0.1, -0.05) is 12.1 Å². The first kappa shape index (κ1) is 14.5. The molecule has 2 aromatic rings. The molecule has 3 N–H and O–H groups in total. The molecule has 0 bridgehead atoms. The van der Waals surface area contributed by atoms with E-state index in [1.165, 1.54) is 0 Å². The van der Waals surface area contributed by atoms with E-state index in [-0.39, 0.29) is 5.91 Å². The number of thiazole rings is 1. The standard InChI is InChI=1S/C15H19N3OS/c1-15(2,14-17-9-10-20-14)18-13(19)8-5-11-3-6-12(16)7-4-11/h3-4,6-7,9-10H,5,8,16H2,1-2H3,(H,18,19). The molecule has 4 nitrogen and oxygen atoms in total. The van der Waals surface area contributed by atoms with Crippen LogP contribution in [0.1, 0.15) is 30.8 Å². The summed E-state index contributed by atoms with van der Waals surface area (Å²) >= 11 is 1.55. The molecule has 0 aliphatic rings. The maximum atomic E-state index is 12.0. The van der Waals surface area contributed by atoms with Crippen molar-refractivity contribution < 1.29 is 4.79 Å². The quantitative estimate of drug-likeness (QED) is 0.832. The molecule has 0 radical (unpaired) electrons. The molecule has 1 amide bonds. The van der Waals surface area contributed by atoms with Crippen LogP contribution in [0, 0.1) is 0 Å². The van der Waals surface area contributed by atoms with Crippen LogP contribution in [0.4, 0.5) is 5.69 Å². The Morgan fingerprint density at radius 2 is 2.05 bits per heavy atom. The van der Waals surface area contributed by atoms with E-state index in [4.69, 9.17) is 5.73 Å². The number of nitrogens with zero attached hydrogens (tertiary/aromatic N) is 1. The van der Waals surface area contributed by atoms with Crippen LogP contribution in [-0.2, 0) is 16.8 Å². The molecule has 1 heterocycles. The Morgan fingerprint density at radius 3 is 2.65 bits per heavy atom. The number of amides is 1. The number of hydrogen-bond acceptors (Lipinski definition) is 4. The zero-order valence-electron chi connectivity index (χ0n) is 11.7. The van der Waals surface area contributed by atoms with Crippen LogP contribution in [0.5, 0.6) is 0 Å². The van der Waals surface area contributed by atoms with Gasteiger partial charge in [0.1, 0.15) is 5.01 Å². The molecule has 1 aromatic heterocycles. The zero-order chi connectivity index (χ0) is 14.6. The summed E-state index contributed by atoms with van der Waals surface area (Å²) in [5.41, 5.74) is 7.06. The molecule has 0 spiro atoms. The minimum absolute atomic E-state index is 0.0297. The third-order valence-electron chi connectivity index (χ3n) is 3.04. The van der Waals surface area contributed by atoms with Crippen LogP contribution < -0.4 is 11.1 Å². The van der Waals surface area contributed by atoms with E-state index >= 15 is 0 Å². The highest BCUT2D eigenvalue weighted by atomic mass is 32.1. The van der Waals surface area contributed by atoms with Crippen LogP contribution in [-0.4, -0.2) is 10.9 Å². The predicted octanol–water partition coefficient (Wildman–Crippen LogP) is 2.71. The Labute approximate surface area is 123 Å². The number of hydrogen-bond donors (Lipinski definition) is 2. The number of nitrogens with two attached hydrogens (primary N) is 1. The zero-order valence-corrected chi connectivity index (χ0v) is 12.5. The Bertz CT molecular complexity index is 561. The summed E-state index contributed by atoms with van der Waals surface area (Å²) < 4.78 is 0. The van der Waals surface area contributed by atoms with Gasteiger partial charge in [-0.05, 0) is 38.0 Å². The predicted molar refractivity (Wildman–Crippen MR) is 82.5 cm³/mol. The van der Waals surface area contributed by atoms with E-state index in [1.54, 1.807) is 17.5 Å². The highest BCUT2D eigenvalue weighted by Gasteiger charge is 2.25. The monoisotopic (exact) mass is 289 g/mol. The Balaban J connectivity index is 1.88. The van der Waals surface area contributed by atoms with Crippen LogP contribution >= 0.6 is 11.3 Å². The molecular weight excluding hydrogens is 270 g/mol. The van der Waals surface area contributed by atoms with E-state index in [0.29, 0.717) is 12.8 Å². The molecule has 2 rings (SSSR count). The van der Waals surface area contributed by atoms with E-state index < -0.39 is 5.54 Å². The Hall–Kier alpha value is -1.88. The molecule has 0 saturated carbocycles. The van der Waals surface area contributed by atoms with Crippen molar-refractivity contribution in [3.05, 3.63) is 46.4 Å². The molecule has 0 unspecified atom stereocenters. The number of aryl methyl sites for hydroxylation is 1. The molecule has 0 fully saturated rings. The number of nitrogens with one attached hydrogen (secondary N) is 1. The third kappa shape index (κ3) is 3.81. The van der Waals surface area contributed by atoms with Crippen molar-refractivity contribution >= 4 is 22.9 Å². The first-order valence-corrected chi connectivity index (χ1v) is 7.41. The smallest absolute Gasteiger partial charge is 0.221 e. The Morgan fingerprint density at radius 1 is 1.35 bits per heavy atom. The largest absolute Gasteiger partial charge is 0.399 e. The lowest BCUT2D eigenvalue weighted by molar-refractivity contribution is -0.122. The second kappa shape index (κ2) is 6.05. The SMILES string of the molecule is CC(C)(NC(=O)CCc1ccc(N)cc1)c1nccs1. The molecule has 0 aliphatic carbocycles. The van der Waals surface area contributed by atoms with E-state index in [2.05, 4.69) is 10.3 Å². The van der Waals surface area contributed by atoms with Gasteiger partial charge in [0, 0.05) is 23.7 Å². The number of benzene rings is 1. The first-order valence-electron chi connectivity index (χ1n) is 6.53. The molecular formula is C15H19N3OS. The fourth-order valence-electron chi connectivity index (χ4n) is 1.94. The van der Waals surface area contributed by atoms with Crippen molar-refractivity contribution in [1.29, 1.82) is 0 Å². The van der Waals surface area contributed by atoms with E-state index in [9.17, 15) is 4.79 Å². The maximum Gasteiger partial charge on any atom is 0.221 e. The molecule has 20 heavy (non-hydrogen) atoms. The minimum Gasteiger partial charge on any atom is -0.399 e. The molecule has 5 heteroatoms. The van der Waals surface area contributed by atoms with Gasteiger partial charge in [-0.15, -0.1) is 11.3 Å². The number of carbonyl (C=O) groups excluding carboxylic acids is 1. The summed E-state index contributed by atoms with van der Waals surface area (Å²) in [6.07, 6.45) is 2.92. The number of rotatable bonds is 5. The molecule has 0 aliphatic heterocycles. The highest BCUT2D eigenvalue weighted by Crippen LogP contribution is 2.22. The topological polar surface area (TPSA) is 68.0 Å². The normalized spacial score (nSPS) is 11.3. The summed E-state index contributed by atoms with van der Waals surface area (Å²) in [4.78, 5) is 16.3. The van der Waals surface area contributed by atoms with E-state index in [1.807, 2.05) is 43.5 Å². The molecule has 0 saturated heterocycles. The van der Waals surface area contributed by atoms with Crippen LogP contribution in [0.15, 0.2) is 35.8 Å². The van der Waals surface area contributed by atoms with Gasteiger partial charge in [-0.25, -0.2) is 4.98 Å². The third-order valence-corrected chi connectivity index (χ3v) is 4.14. The second-order valence-corrected chi connectivity index (χ2v) is 6.15. The lowest BCUT2D eigenvalue weighted by atomic mass is 10.1. The number of aromatic nitrogens is 1. The van der Waals surface area contributed by atoms with Crippen molar-refractivity contribution in [2.24, 2.45) is 0 Å². The van der Waals surface area contributed by atoms with Crippen molar-refractivity contribution in [1.82, 2.24) is 10.3 Å². The van der Waals surface area contributed by atoms with Crippen LogP contribution in [0.3, 0.4) is 0 Å². The van der Waals surface area contributed by atoms with Gasteiger partial charge in [-0.2, -0.15) is 0 Å². The number of anilines is 1. The van der Waals surface area contributed by atoms with Gasteiger partial charge in [0.05, 0.1) is 5.54 Å². The Kier molecular flexibility index (Phi) is 4.39. The van der Waals surface area contributed by atoms with Gasteiger partial charge in [0.2, 0.25) is 5.91 Å². The number of nitrogen functional groups attached to an aromatic ring is 1. The van der Waals surface area contributed by atoms with Gasteiger partial charge < -0.3 is 11.1 Å². The van der Waals surface area contributed by atoms with Crippen molar-refractivity contribution in [2.45, 2.75) is 32.2 Å². The summed E-state index contributed by atoms with van der Waals surface area (Å²) in [5.74, 6) is 0.0297. The highest BCUT2D eigenvalue weighted by molar-refractivity contribution is 7.09. The fraction of sp³-hybridized carbons (Fsp3) is 0.333. The van der Waals surface area contributed by atoms with Crippen LogP contribution in [0.25, 0.3) is 0 Å². The lowest BCUT2D eigenvalue weighted by Crippen LogP contribution is -2.41. The van der Waals surface area contributed by atoms with Gasteiger partial charge in [-0.3, -0.25) is 4.79 Å². The van der Waals surface area contributed by atoms with Crippen molar-refractivity contribution in [3.8, 4) is 0 Å². The minimum atomic E-state index is -0.424. The van der Waals surface area contributed by atoms with E-state index in [0.717, 1.165) is 16.3 Å². The average Bonchev–Trinajstić information content (AvgIpc) is 2.92. The van der Waals surface area contributed by atoms with Gasteiger partial charge in [0.25, 0.3) is 0 Å². The summed E-state index contributed by atoms with van der Waals surface area (Å²) in [6, 6.07) is 7.61. The summed E-state index contributed by atoms with van der Waals surface area (Å²) in [6.45, 7) is 3.93. The van der Waals surface area contributed by atoms with Gasteiger partial charge >= 0.3 is 0 Å². The summed E-state index contributed by atoms with van der Waals surface area (Å²) in [5, 5.41) is 5.85. The maximum absolute atomic E-state index is 12.0.